The average molecular weight is 274 g/mol. The molecule has 5 nitrogen and oxygen atoms in total. The van der Waals surface area contributed by atoms with Crippen molar-refractivity contribution < 1.29 is 4.79 Å². The Morgan fingerprint density at radius 2 is 2.15 bits per heavy atom. The van der Waals surface area contributed by atoms with Crippen LogP contribution < -0.4 is 5.32 Å². The zero-order valence-corrected chi connectivity index (χ0v) is 11.8. The van der Waals surface area contributed by atoms with Gasteiger partial charge in [0.2, 0.25) is 5.91 Å². The maximum atomic E-state index is 12.0. The molecule has 5 heteroatoms. The van der Waals surface area contributed by atoms with Crippen LogP contribution in [0.25, 0.3) is 0 Å². The van der Waals surface area contributed by atoms with Gasteiger partial charge < -0.3 is 5.32 Å². The van der Waals surface area contributed by atoms with Gasteiger partial charge in [-0.15, -0.1) is 12.3 Å². The second-order valence-electron chi connectivity index (χ2n) is 6.17. The van der Waals surface area contributed by atoms with Crippen molar-refractivity contribution in [2.75, 3.05) is 13.1 Å². The van der Waals surface area contributed by atoms with Gasteiger partial charge >= 0.3 is 0 Å². The second-order valence-corrected chi connectivity index (χ2v) is 6.17. The quantitative estimate of drug-likeness (QED) is 0.718. The summed E-state index contributed by atoms with van der Waals surface area (Å²) in [5, 5.41) is 11.3. The largest absolute Gasteiger partial charge is 0.352 e. The topological polar surface area (TPSA) is 57.1 Å². The average Bonchev–Trinajstić information content (AvgIpc) is 3.36. The minimum absolute atomic E-state index is 0.130. The molecule has 108 valence electrons. The Hall–Kier alpha value is -1.41. The van der Waals surface area contributed by atoms with Crippen LogP contribution in [0.15, 0.2) is 10.2 Å². The number of terminal acetylenes is 1. The van der Waals surface area contributed by atoms with E-state index in [1.807, 2.05) is 0 Å². The third-order valence-electron chi connectivity index (χ3n) is 4.45. The predicted octanol–water partition coefficient (Wildman–Crippen LogP) is 1.69. The molecule has 1 aliphatic carbocycles. The fourth-order valence-corrected chi connectivity index (χ4v) is 2.96. The summed E-state index contributed by atoms with van der Waals surface area (Å²) in [6.07, 6.45) is 11.6. The van der Waals surface area contributed by atoms with Gasteiger partial charge in [0.05, 0.1) is 0 Å². The Balaban J connectivity index is 1.34. The molecule has 3 rings (SSSR count). The molecule has 3 aliphatic rings. The number of nitrogens with one attached hydrogen (secondary N) is 1. The van der Waals surface area contributed by atoms with Crippen molar-refractivity contribution in [1.29, 1.82) is 0 Å². The van der Waals surface area contributed by atoms with E-state index in [2.05, 4.69) is 26.4 Å². The normalized spacial score (nSPS) is 27.2. The van der Waals surface area contributed by atoms with Gasteiger partial charge in [0.1, 0.15) is 0 Å². The number of likely N-dealkylation sites (tertiary alicyclic amines) is 1. The van der Waals surface area contributed by atoms with Crippen molar-refractivity contribution in [3.63, 3.8) is 0 Å². The first-order valence-corrected chi connectivity index (χ1v) is 7.62. The van der Waals surface area contributed by atoms with Crippen molar-refractivity contribution in [2.24, 2.45) is 10.2 Å². The van der Waals surface area contributed by atoms with Crippen LogP contribution in [0, 0.1) is 12.3 Å². The Morgan fingerprint density at radius 1 is 1.35 bits per heavy atom. The number of hydrogen-bond donors (Lipinski definition) is 1. The maximum absolute atomic E-state index is 12.0. The van der Waals surface area contributed by atoms with Gasteiger partial charge in [0.25, 0.3) is 0 Å². The molecule has 1 amide bonds. The van der Waals surface area contributed by atoms with Crippen molar-refractivity contribution in [3.8, 4) is 12.3 Å². The van der Waals surface area contributed by atoms with Crippen LogP contribution in [0.1, 0.15) is 44.9 Å². The van der Waals surface area contributed by atoms with Crippen molar-refractivity contribution in [2.45, 2.75) is 62.7 Å². The first-order valence-electron chi connectivity index (χ1n) is 7.62. The lowest BCUT2D eigenvalue weighted by molar-refractivity contribution is -0.122. The van der Waals surface area contributed by atoms with Crippen LogP contribution in [0.3, 0.4) is 0 Å². The molecule has 0 bridgehead atoms. The van der Waals surface area contributed by atoms with Gasteiger partial charge in [-0.3, -0.25) is 9.69 Å². The molecule has 1 saturated heterocycles. The predicted molar refractivity (Wildman–Crippen MR) is 76.0 cm³/mol. The van der Waals surface area contributed by atoms with Gasteiger partial charge in [-0.2, -0.15) is 10.2 Å². The van der Waals surface area contributed by atoms with Crippen molar-refractivity contribution >= 4 is 5.91 Å². The van der Waals surface area contributed by atoms with E-state index >= 15 is 0 Å². The molecule has 0 spiro atoms. The van der Waals surface area contributed by atoms with Gasteiger partial charge in [-0.1, -0.05) is 0 Å². The molecule has 20 heavy (non-hydrogen) atoms. The summed E-state index contributed by atoms with van der Waals surface area (Å²) in [5.41, 5.74) is -0.334. The van der Waals surface area contributed by atoms with E-state index in [-0.39, 0.29) is 11.6 Å². The Bertz CT molecular complexity index is 443. The number of carbonyl (C=O) groups excluding carboxylic acids is 1. The van der Waals surface area contributed by atoms with Crippen LogP contribution in [0.5, 0.6) is 0 Å². The van der Waals surface area contributed by atoms with Gasteiger partial charge in [-0.05, 0) is 19.3 Å². The lowest BCUT2D eigenvalue weighted by Crippen LogP contribution is -2.37. The standard InChI is InChI=1S/C15H22N4O/c1-2-3-8-15(17-18-15)9-6-14(20)16-12-7-10-19(11-12)13-4-5-13/h1,12-13H,3-11H2,(H,16,20). The van der Waals surface area contributed by atoms with Gasteiger partial charge in [0, 0.05) is 50.9 Å². The van der Waals surface area contributed by atoms with E-state index in [4.69, 9.17) is 6.42 Å². The third-order valence-corrected chi connectivity index (χ3v) is 4.45. The molecule has 2 aliphatic heterocycles. The molecular weight excluding hydrogens is 252 g/mol. The van der Waals surface area contributed by atoms with Gasteiger partial charge in [0.15, 0.2) is 5.66 Å². The summed E-state index contributed by atoms with van der Waals surface area (Å²) in [6.45, 7) is 2.15. The first-order chi connectivity index (χ1) is 9.71. The zero-order chi connectivity index (χ0) is 14.0. The highest BCUT2D eigenvalue weighted by Crippen LogP contribution is 2.37. The zero-order valence-electron chi connectivity index (χ0n) is 11.8. The number of amides is 1. The Labute approximate surface area is 120 Å². The summed E-state index contributed by atoms with van der Waals surface area (Å²) in [7, 11) is 0. The first kappa shape index (κ1) is 13.6. The molecule has 2 heterocycles. The number of nitrogens with zero attached hydrogens (tertiary/aromatic N) is 3. The van der Waals surface area contributed by atoms with Crippen LogP contribution in [-0.2, 0) is 4.79 Å². The van der Waals surface area contributed by atoms with E-state index in [0.29, 0.717) is 25.3 Å². The summed E-state index contributed by atoms with van der Waals surface area (Å²) in [6, 6.07) is 1.13. The van der Waals surface area contributed by atoms with Crippen LogP contribution in [0.2, 0.25) is 0 Å². The van der Waals surface area contributed by atoms with E-state index in [1.165, 1.54) is 12.8 Å². The molecular formula is C15H22N4O. The van der Waals surface area contributed by atoms with E-state index in [0.717, 1.165) is 32.0 Å². The fraction of sp³-hybridized carbons (Fsp3) is 0.800. The van der Waals surface area contributed by atoms with Crippen molar-refractivity contribution in [3.05, 3.63) is 0 Å². The monoisotopic (exact) mass is 274 g/mol. The number of carbonyl (C=O) groups is 1. The highest BCUT2D eigenvalue weighted by Gasteiger charge is 2.39. The summed E-state index contributed by atoms with van der Waals surface area (Å²) < 4.78 is 0. The van der Waals surface area contributed by atoms with Crippen LogP contribution in [-0.4, -0.2) is 41.6 Å². The molecule has 1 atom stereocenters. The minimum atomic E-state index is -0.334. The van der Waals surface area contributed by atoms with E-state index in [1.54, 1.807) is 0 Å². The Kier molecular flexibility index (Phi) is 3.75. The lowest BCUT2D eigenvalue weighted by atomic mass is 10.0. The molecule has 2 fully saturated rings. The maximum Gasteiger partial charge on any atom is 0.220 e. The second kappa shape index (κ2) is 5.53. The van der Waals surface area contributed by atoms with Gasteiger partial charge in [-0.25, -0.2) is 0 Å². The number of rotatable bonds is 7. The third kappa shape index (κ3) is 3.37. The Morgan fingerprint density at radius 3 is 2.80 bits per heavy atom. The summed E-state index contributed by atoms with van der Waals surface area (Å²) in [4.78, 5) is 14.5. The molecule has 1 N–H and O–H groups in total. The smallest absolute Gasteiger partial charge is 0.220 e. The van der Waals surface area contributed by atoms with E-state index < -0.39 is 0 Å². The SMILES string of the molecule is C#CCCC1(CCC(=O)NC2CCN(C3CC3)C2)N=N1. The van der Waals surface area contributed by atoms with Crippen LogP contribution in [0.4, 0.5) is 0 Å². The highest BCUT2D eigenvalue weighted by atomic mass is 16.1. The van der Waals surface area contributed by atoms with E-state index in [9.17, 15) is 4.79 Å². The summed E-state index contributed by atoms with van der Waals surface area (Å²) >= 11 is 0. The number of hydrogen-bond acceptors (Lipinski definition) is 4. The molecule has 0 aromatic rings. The highest BCUT2D eigenvalue weighted by molar-refractivity contribution is 5.76. The molecule has 0 aromatic carbocycles. The van der Waals surface area contributed by atoms with Crippen LogP contribution >= 0.6 is 0 Å². The molecule has 1 saturated carbocycles. The lowest BCUT2D eigenvalue weighted by Gasteiger charge is -2.16. The fourth-order valence-electron chi connectivity index (χ4n) is 2.96. The minimum Gasteiger partial charge on any atom is -0.352 e. The van der Waals surface area contributed by atoms with Crippen molar-refractivity contribution in [1.82, 2.24) is 10.2 Å². The molecule has 1 unspecified atom stereocenters. The summed E-state index contributed by atoms with van der Waals surface area (Å²) in [5.74, 6) is 2.74. The molecule has 0 radical (unpaired) electrons. The molecule has 0 aromatic heterocycles.